The zero-order chi connectivity index (χ0) is 13.7. The summed E-state index contributed by atoms with van der Waals surface area (Å²) in [6.45, 7) is -0.0729. The van der Waals surface area contributed by atoms with Crippen molar-refractivity contribution in [1.82, 2.24) is 0 Å². The molecule has 1 aromatic carbocycles. The van der Waals surface area contributed by atoms with E-state index in [-0.39, 0.29) is 12.5 Å². The molecule has 4 heteroatoms. The summed E-state index contributed by atoms with van der Waals surface area (Å²) in [6.07, 6.45) is 0.777. The van der Waals surface area contributed by atoms with Crippen LogP contribution in [-0.2, 0) is 9.47 Å². The lowest BCUT2D eigenvalue weighted by atomic mass is 9.66. The van der Waals surface area contributed by atoms with E-state index in [1.807, 2.05) is 30.3 Å². The summed E-state index contributed by atoms with van der Waals surface area (Å²) in [7, 11) is 1.24. The van der Waals surface area contributed by atoms with Gasteiger partial charge in [0.2, 0.25) is 0 Å². The molecule has 2 rings (SSSR count). The van der Waals surface area contributed by atoms with Gasteiger partial charge in [-0.05, 0) is 18.4 Å². The first-order chi connectivity index (χ1) is 9.15. The average Bonchev–Trinajstić information content (AvgIpc) is 2.43. The number of hydrogen-bond donors (Lipinski definition) is 1. The van der Waals surface area contributed by atoms with E-state index < -0.39 is 11.8 Å². The molecular formula is C15H16O4. The van der Waals surface area contributed by atoms with Crippen LogP contribution in [0.25, 0.3) is 0 Å². The predicted octanol–water partition coefficient (Wildman–Crippen LogP) is 2.08. The van der Waals surface area contributed by atoms with Crippen LogP contribution in [0.1, 0.15) is 24.3 Å². The number of aliphatic hydroxyl groups is 1. The van der Waals surface area contributed by atoms with Crippen molar-refractivity contribution in [3.63, 3.8) is 0 Å². The highest BCUT2D eigenvalue weighted by Gasteiger charge is 2.44. The Morgan fingerprint density at radius 3 is 2.79 bits per heavy atom. The topological polar surface area (TPSA) is 55.8 Å². The lowest BCUT2D eigenvalue weighted by Crippen LogP contribution is -2.44. The molecule has 100 valence electrons. The van der Waals surface area contributed by atoms with Crippen LogP contribution in [0.3, 0.4) is 0 Å². The summed E-state index contributed by atoms with van der Waals surface area (Å²) in [6, 6.07) is 9.81. The zero-order valence-electron chi connectivity index (χ0n) is 10.8. The van der Waals surface area contributed by atoms with Gasteiger partial charge in [-0.1, -0.05) is 42.2 Å². The molecule has 19 heavy (non-hydrogen) atoms. The van der Waals surface area contributed by atoms with Crippen LogP contribution in [0.15, 0.2) is 30.3 Å². The fraction of sp³-hybridized carbons (Fsp3) is 0.400. The smallest absolute Gasteiger partial charge is 0.438 e. The quantitative estimate of drug-likeness (QED) is 0.653. The molecule has 0 aliphatic heterocycles. The van der Waals surface area contributed by atoms with Gasteiger partial charge in [0.1, 0.15) is 5.60 Å². The number of rotatable bonds is 2. The first kappa shape index (κ1) is 13.4. The van der Waals surface area contributed by atoms with Gasteiger partial charge in [0, 0.05) is 5.92 Å². The average molecular weight is 260 g/mol. The van der Waals surface area contributed by atoms with E-state index in [9.17, 15) is 9.90 Å². The summed E-state index contributed by atoms with van der Waals surface area (Å²) in [4.78, 5) is 10.7. The number of ether oxygens (including phenoxy) is 2. The molecule has 1 saturated carbocycles. The molecule has 0 aromatic heterocycles. The van der Waals surface area contributed by atoms with Gasteiger partial charge >= 0.3 is 6.16 Å². The molecule has 0 amide bonds. The second-order valence-corrected chi connectivity index (χ2v) is 4.47. The Morgan fingerprint density at radius 2 is 2.21 bits per heavy atom. The number of methoxy groups -OCH3 is 1. The standard InChI is InChI=1S/C15H16O4/c1-18-14(16)19-11-5-9-15(17)10-8-13(15)12-6-3-2-4-7-12/h2-4,6-7,13,17H,8,10-11H2,1H3/t13-,15+/m0/s1. The van der Waals surface area contributed by atoms with Crippen LogP contribution in [0, 0.1) is 11.8 Å². The van der Waals surface area contributed by atoms with E-state index in [2.05, 4.69) is 21.3 Å². The molecule has 2 atom stereocenters. The normalized spacial score (nSPS) is 24.6. The third kappa shape index (κ3) is 3.07. The van der Waals surface area contributed by atoms with Crippen molar-refractivity contribution in [1.29, 1.82) is 0 Å². The second kappa shape index (κ2) is 5.77. The molecule has 1 fully saturated rings. The highest BCUT2D eigenvalue weighted by atomic mass is 16.7. The van der Waals surface area contributed by atoms with Gasteiger partial charge in [0.25, 0.3) is 0 Å². The molecule has 0 saturated heterocycles. The van der Waals surface area contributed by atoms with E-state index in [1.54, 1.807) is 0 Å². The minimum Gasteiger partial charge on any atom is -0.438 e. The number of carbonyl (C=O) groups excluding carboxylic acids is 1. The maximum atomic E-state index is 10.7. The van der Waals surface area contributed by atoms with E-state index in [1.165, 1.54) is 7.11 Å². The Hall–Kier alpha value is -1.99. The van der Waals surface area contributed by atoms with Gasteiger partial charge in [0.15, 0.2) is 6.61 Å². The van der Waals surface area contributed by atoms with Gasteiger partial charge in [-0.15, -0.1) is 0 Å². The molecule has 0 unspecified atom stereocenters. The van der Waals surface area contributed by atoms with Crippen LogP contribution in [-0.4, -0.2) is 30.6 Å². The van der Waals surface area contributed by atoms with E-state index >= 15 is 0 Å². The Labute approximate surface area is 112 Å². The number of hydrogen-bond acceptors (Lipinski definition) is 4. The maximum absolute atomic E-state index is 10.7. The summed E-state index contributed by atoms with van der Waals surface area (Å²) in [5, 5.41) is 10.4. The first-order valence-corrected chi connectivity index (χ1v) is 6.14. The molecule has 0 heterocycles. The lowest BCUT2D eigenvalue weighted by molar-refractivity contribution is -0.00353. The van der Waals surface area contributed by atoms with Crippen molar-refractivity contribution in [3.05, 3.63) is 35.9 Å². The molecule has 0 spiro atoms. The van der Waals surface area contributed by atoms with Crippen LogP contribution in [0.5, 0.6) is 0 Å². The first-order valence-electron chi connectivity index (χ1n) is 6.14. The van der Waals surface area contributed by atoms with Gasteiger partial charge in [0.05, 0.1) is 7.11 Å². The SMILES string of the molecule is COC(=O)OCC#C[C@@]1(O)CC[C@H]1c1ccccc1. The number of benzene rings is 1. The highest BCUT2D eigenvalue weighted by molar-refractivity contribution is 5.59. The molecule has 0 bridgehead atoms. The van der Waals surface area contributed by atoms with Crippen LogP contribution in [0.2, 0.25) is 0 Å². The van der Waals surface area contributed by atoms with Gasteiger partial charge in [-0.3, -0.25) is 0 Å². The Balaban J connectivity index is 1.96. The van der Waals surface area contributed by atoms with Gasteiger partial charge < -0.3 is 14.6 Å². The minimum atomic E-state index is -1.01. The van der Waals surface area contributed by atoms with Crippen LogP contribution >= 0.6 is 0 Å². The predicted molar refractivity (Wildman–Crippen MR) is 69.5 cm³/mol. The summed E-state index contributed by atoms with van der Waals surface area (Å²) < 4.78 is 8.97. The summed E-state index contributed by atoms with van der Waals surface area (Å²) in [5.74, 6) is 5.49. The highest BCUT2D eigenvalue weighted by Crippen LogP contribution is 2.45. The Kier molecular flexibility index (Phi) is 4.08. The van der Waals surface area contributed by atoms with Crippen molar-refractivity contribution >= 4 is 6.16 Å². The second-order valence-electron chi connectivity index (χ2n) is 4.47. The van der Waals surface area contributed by atoms with E-state index in [4.69, 9.17) is 0 Å². The fourth-order valence-electron chi connectivity index (χ4n) is 2.18. The summed E-state index contributed by atoms with van der Waals surface area (Å²) >= 11 is 0. The molecule has 0 radical (unpaired) electrons. The molecule has 1 aromatic rings. The Morgan fingerprint density at radius 1 is 1.47 bits per heavy atom. The van der Waals surface area contributed by atoms with Crippen LogP contribution < -0.4 is 0 Å². The van der Waals surface area contributed by atoms with Gasteiger partial charge in [-0.25, -0.2) is 4.79 Å². The third-order valence-corrected chi connectivity index (χ3v) is 3.33. The minimum absolute atomic E-state index is 0.0272. The van der Waals surface area contributed by atoms with Crippen molar-refractivity contribution < 1.29 is 19.4 Å². The molecular weight excluding hydrogens is 244 g/mol. The van der Waals surface area contributed by atoms with E-state index in [0.29, 0.717) is 6.42 Å². The monoisotopic (exact) mass is 260 g/mol. The molecule has 1 aliphatic carbocycles. The molecule has 1 N–H and O–H groups in total. The molecule has 1 aliphatic rings. The maximum Gasteiger partial charge on any atom is 0.508 e. The van der Waals surface area contributed by atoms with Gasteiger partial charge in [-0.2, -0.15) is 0 Å². The Bertz CT molecular complexity index is 500. The lowest BCUT2D eigenvalue weighted by Gasteiger charge is -2.41. The number of carbonyl (C=O) groups is 1. The van der Waals surface area contributed by atoms with Crippen molar-refractivity contribution in [2.24, 2.45) is 0 Å². The van der Waals surface area contributed by atoms with Crippen LogP contribution in [0.4, 0.5) is 4.79 Å². The molecule has 4 nitrogen and oxygen atoms in total. The zero-order valence-corrected chi connectivity index (χ0v) is 10.8. The van der Waals surface area contributed by atoms with Crippen molar-refractivity contribution in [2.45, 2.75) is 24.4 Å². The van der Waals surface area contributed by atoms with E-state index in [0.717, 1.165) is 12.0 Å². The fourth-order valence-corrected chi connectivity index (χ4v) is 2.18. The third-order valence-electron chi connectivity index (χ3n) is 3.33. The van der Waals surface area contributed by atoms with Crippen molar-refractivity contribution in [3.8, 4) is 11.8 Å². The largest absolute Gasteiger partial charge is 0.508 e. The van der Waals surface area contributed by atoms with Crippen molar-refractivity contribution in [2.75, 3.05) is 13.7 Å². The summed E-state index contributed by atoms with van der Waals surface area (Å²) in [5.41, 5.74) is 0.0697.